The molecule has 0 fully saturated rings. The molecular formula is C29H43N5O. The Bertz CT molecular complexity index is 1080. The van der Waals surface area contributed by atoms with E-state index in [1.165, 1.54) is 35.7 Å². The maximum Gasteiger partial charge on any atom is 0.301 e. The topological polar surface area (TPSA) is 57.9 Å². The molecule has 0 saturated carbocycles. The van der Waals surface area contributed by atoms with Gasteiger partial charge in [0.05, 0.1) is 19.4 Å². The molecule has 0 unspecified atom stereocenters. The fourth-order valence-corrected chi connectivity index (χ4v) is 3.91. The van der Waals surface area contributed by atoms with Crippen LogP contribution >= 0.6 is 0 Å². The highest BCUT2D eigenvalue weighted by molar-refractivity contribution is 5.81. The molecule has 0 atom stereocenters. The van der Waals surface area contributed by atoms with Gasteiger partial charge < -0.3 is 15.3 Å². The summed E-state index contributed by atoms with van der Waals surface area (Å²) in [7, 11) is 1.53. The SMILES string of the molecule is C=CC[n+]1cn(C/C=C(\C)CC/C=C(\C)CC/C=C(\C)CCC=C(C)C)c2c([N-]OC)ncnc21. The first-order valence-corrected chi connectivity index (χ1v) is 12.5. The number of aromatic nitrogens is 4. The van der Waals surface area contributed by atoms with Crippen LogP contribution in [0.2, 0.25) is 0 Å². The van der Waals surface area contributed by atoms with Gasteiger partial charge in [0, 0.05) is 12.9 Å². The van der Waals surface area contributed by atoms with Gasteiger partial charge in [-0.2, -0.15) is 0 Å². The lowest BCUT2D eigenvalue weighted by atomic mass is 10.0. The molecule has 6 nitrogen and oxygen atoms in total. The predicted octanol–water partition coefficient (Wildman–Crippen LogP) is 7.62. The van der Waals surface area contributed by atoms with Crippen LogP contribution in [0.4, 0.5) is 5.82 Å². The highest BCUT2D eigenvalue weighted by Gasteiger charge is 2.16. The maximum atomic E-state index is 4.99. The van der Waals surface area contributed by atoms with E-state index < -0.39 is 0 Å². The Morgan fingerprint density at radius 3 is 2.11 bits per heavy atom. The molecule has 0 aliphatic heterocycles. The second-order valence-electron chi connectivity index (χ2n) is 9.40. The van der Waals surface area contributed by atoms with Gasteiger partial charge in [-0.25, -0.2) is 4.57 Å². The van der Waals surface area contributed by atoms with Crippen LogP contribution in [0.25, 0.3) is 16.6 Å². The first kappa shape index (κ1) is 28.2. The van der Waals surface area contributed by atoms with Crippen molar-refractivity contribution in [2.24, 2.45) is 0 Å². The van der Waals surface area contributed by atoms with Gasteiger partial charge in [0.2, 0.25) is 0 Å². The van der Waals surface area contributed by atoms with Crippen molar-refractivity contribution in [3.8, 4) is 0 Å². The fraction of sp³-hybridized carbons (Fsp3) is 0.483. The molecule has 0 N–H and O–H groups in total. The van der Waals surface area contributed by atoms with Gasteiger partial charge in [-0.3, -0.25) is 4.57 Å². The molecule has 190 valence electrons. The summed E-state index contributed by atoms with van der Waals surface area (Å²) < 4.78 is 4.17. The third-order valence-corrected chi connectivity index (χ3v) is 5.92. The quantitative estimate of drug-likeness (QED) is 0.151. The van der Waals surface area contributed by atoms with Gasteiger partial charge in [-0.1, -0.05) is 59.3 Å². The van der Waals surface area contributed by atoms with Crippen molar-refractivity contribution >= 4 is 17.0 Å². The van der Waals surface area contributed by atoms with E-state index in [1.807, 2.05) is 17.0 Å². The van der Waals surface area contributed by atoms with Crippen molar-refractivity contribution in [1.82, 2.24) is 14.5 Å². The van der Waals surface area contributed by atoms with Crippen molar-refractivity contribution in [1.29, 1.82) is 0 Å². The number of hydrogen-bond donors (Lipinski definition) is 0. The summed E-state index contributed by atoms with van der Waals surface area (Å²) in [6, 6.07) is 0. The third kappa shape index (κ3) is 9.65. The molecule has 0 spiro atoms. The largest absolute Gasteiger partial charge is 0.407 e. The standard InChI is InChI=1S/C29H43N5O/c1-8-19-34-22-33(27-28(32-35-7)30-21-31-29(27)34)20-18-26(6)17-11-16-25(5)15-10-14-24(4)13-9-12-23(2)3/h8,12,14,16,18,21-22H,1,9-11,13,15,17,19-20H2,2-7H3/b24-14+,25-16+,26-18+. The number of nitrogens with zero attached hydrogens (tertiary/aromatic N) is 5. The van der Waals surface area contributed by atoms with Gasteiger partial charge in [0.25, 0.3) is 0 Å². The van der Waals surface area contributed by atoms with E-state index in [0.717, 1.165) is 56.2 Å². The van der Waals surface area contributed by atoms with E-state index in [9.17, 15) is 0 Å². The van der Waals surface area contributed by atoms with Crippen molar-refractivity contribution in [2.45, 2.75) is 86.2 Å². The Balaban J connectivity index is 1.92. The third-order valence-electron chi connectivity index (χ3n) is 5.92. The van der Waals surface area contributed by atoms with Gasteiger partial charge in [-0.05, 0) is 73.1 Å². The second kappa shape index (κ2) is 15.1. The van der Waals surface area contributed by atoms with Crippen LogP contribution < -0.4 is 4.57 Å². The minimum absolute atomic E-state index is 0.533. The van der Waals surface area contributed by atoms with Gasteiger partial charge >= 0.3 is 5.65 Å². The average molecular weight is 478 g/mol. The van der Waals surface area contributed by atoms with Crippen molar-refractivity contribution < 1.29 is 9.40 Å². The lowest BCUT2D eigenvalue weighted by molar-refractivity contribution is -0.663. The highest BCUT2D eigenvalue weighted by Crippen LogP contribution is 2.24. The summed E-state index contributed by atoms with van der Waals surface area (Å²) >= 11 is 0. The molecule has 6 heteroatoms. The average Bonchev–Trinajstić information content (AvgIpc) is 3.16. The first-order chi connectivity index (χ1) is 16.8. The summed E-state index contributed by atoms with van der Waals surface area (Å²) in [5.74, 6) is 0.533. The lowest BCUT2D eigenvalue weighted by Crippen LogP contribution is -2.31. The molecule has 2 aromatic rings. The van der Waals surface area contributed by atoms with Crippen LogP contribution in [0, 0.1) is 0 Å². The summed E-state index contributed by atoms with van der Waals surface area (Å²) in [6.45, 7) is 16.3. The summed E-state index contributed by atoms with van der Waals surface area (Å²) in [4.78, 5) is 13.7. The molecular weight excluding hydrogens is 434 g/mol. The molecule has 0 aliphatic rings. The Morgan fingerprint density at radius 2 is 1.54 bits per heavy atom. The Kier molecular flexibility index (Phi) is 12.2. The molecule has 2 rings (SSSR count). The molecule has 0 bridgehead atoms. The number of imidazole rings is 1. The maximum absolute atomic E-state index is 4.99. The van der Waals surface area contributed by atoms with Crippen molar-refractivity contribution in [3.05, 3.63) is 77.4 Å². The van der Waals surface area contributed by atoms with Crippen LogP contribution in [0.15, 0.2) is 71.9 Å². The second-order valence-corrected chi connectivity index (χ2v) is 9.40. The number of rotatable bonds is 15. The molecule has 0 amide bonds. The minimum Gasteiger partial charge on any atom is -0.407 e. The fourth-order valence-electron chi connectivity index (χ4n) is 3.91. The van der Waals surface area contributed by atoms with E-state index in [0.29, 0.717) is 12.4 Å². The number of hydrogen-bond acceptors (Lipinski definition) is 3. The minimum atomic E-state index is 0.533. The zero-order valence-electron chi connectivity index (χ0n) is 22.5. The van der Waals surface area contributed by atoms with E-state index >= 15 is 0 Å². The van der Waals surface area contributed by atoms with Crippen LogP contribution in [-0.2, 0) is 17.9 Å². The van der Waals surface area contributed by atoms with Crippen LogP contribution in [0.1, 0.15) is 73.1 Å². The van der Waals surface area contributed by atoms with Crippen LogP contribution in [-0.4, -0.2) is 21.6 Å². The van der Waals surface area contributed by atoms with E-state index in [4.69, 9.17) is 4.84 Å². The molecule has 0 aromatic carbocycles. The van der Waals surface area contributed by atoms with Crippen LogP contribution in [0.3, 0.4) is 0 Å². The van der Waals surface area contributed by atoms with Gasteiger partial charge in [-0.15, -0.1) is 4.98 Å². The number of fused-ring (bicyclic) bond motifs is 1. The molecule has 0 radical (unpaired) electrons. The number of allylic oxidation sites excluding steroid dienone is 9. The lowest BCUT2D eigenvalue weighted by Gasteiger charge is -2.11. The predicted molar refractivity (Wildman–Crippen MR) is 146 cm³/mol. The molecule has 2 aromatic heterocycles. The van der Waals surface area contributed by atoms with Gasteiger partial charge in [0.1, 0.15) is 0 Å². The Labute approximate surface area is 211 Å². The smallest absolute Gasteiger partial charge is 0.301 e. The monoisotopic (exact) mass is 477 g/mol. The van der Waals surface area contributed by atoms with Gasteiger partial charge in [0.15, 0.2) is 11.8 Å². The Morgan fingerprint density at radius 1 is 0.943 bits per heavy atom. The molecule has 2 heterocycles. The van der Waals surface area contributed by atoms with E-state index in [2.05, 4.69) is 85.5 Å². The highest BCUT2D eigenvalue weighted by atomic mass is 16.6. The summed E-state index contributed by atoms with van der Waals surface area (Å²) in [5.41, 5.74) is 11.5. The summed E-state index contributed by atoms with van der Waals surface area (Å²) in [5, 5.41) is 0. The van der Waals surface area contributed by atoms with Crippen molar-refractivity contribution in [3.63, 3.8) is 0 Å². The van der Waals surface area contributed by atoms with Crippen LogP contribution in [0.5, 0.6) is 0 Å². The van der Waals surface area contributed by atoms with E-state index in [1.54, 1.807) is 0 Å². The molecule has 0 saturated heterocycles. The normalized spacial score (nSPS) is 12.8. The Hall–Kier alpha value is -2.99. The van der Waals surface area contributed by atoms with E-state index in [-0.39, 0.29) is 0 Å². The van der Waals surface area contributed by atoms with Crippen molar-refractivity contribution in [2.75, 3.05) is 7.11 Å². The summed E-state index contributed by atoms with van der Waals surface area (Å²) in [6.07, 6.45) is 21.5. The first-order valence-electron chi connectivity index (χ1n) is 12.5. The molecule has 0 aliphatic carbocycles. The zero-order chi connectivity index (χ0) is 25.6. The molecule has 35 heavy (non-hydrogen) atoms. The zero-order valence-corrected chi connectivity index (χ0v) is 22.5.